The van der Waals surface area contributed by atoms with Crippen molar-refractivity contribution >= 4 is 57.1 Å². The minimum absolute atomic E-state index is 0.139. The lowest BCUT2D eigenvalue weighted by molar-refractivity contribution is -0.158. The molecule has 0 aromatic rings. The molecule has 4 nitrogen and oxygen atoms in total. The van der Waals surface area contributed by atoms with E-state index in [-0.39, 0.29) is 24.6 Å². The zero-order valence-electron chi connectivity index (χ0n) is 11.7. The first-order valence-corrected chi connectivity index (χ1v) is 8.93. The van der Waals surface area contributed by atoms with E-state index >= 15 is 0 Å². The second kappa shape index (κ2) is 11.1. The molecule has 6 heteroatoms. The molecule has 0 heterocycles. The summed E-state index contributed by atoms with van der Waals surface area (Å²) < 4.78 is 11.1. The van der Waals surface area contributed by atoms with E-state index in [1.165, 1.54) is 0 Å². The summed E-state index contributed by atoms with van der Waals surface area (Å²) in [6.07, 6.45) is 2.06. The highest BCUT2D eigenvalue weighted by Crippen LogP contribution is 2.10. The van der Waals surface area contributed by atoms with Crippen LogP contribution in [0.25, 0.3) is 0 Å². The smallest absolute Gasteiger partial charge is 0.306 e. The summed E-state index contributed by atoms with van der Waals surface area (Å²) in [5.74, 6) is -0.458. The van der Waals surface area contributed by atoms with Crippen LogP contribution in [0.2, 0.25) is 0 Å². The van der Waals surface area contributed by atoms with Gasteiger partial charge in [-0.2, -0.15) is 0 Å². The van der Waals surface area contributed by atoms with Gasteiger partial charge in [0, 0.05) is 20.7 Å². The topological polar surface area (TPSA) is 52.6 Å². The molecule has 0 saturated heterocycles. The largest absolute Gasteiger partial charge is 0.462 e. The summed E-state index contributed by atoms with van der Waals surface area (Å²) in [5, 5.41) is 0. The summed E-state index contributed by atoms with van der Waals surface area (Å²) in [4.78, 5) is 22.8. The average Bonchev–Trinajstić information content (AvgIpc) is 2.31. The van der Waals surface area contributed by atoms with Crippen LogP contribution in [-0.2, 0) is 19.1 Å². The summed E-state index contributed by atoms with van der Waals surface area (Å²) in [6, 6.07) is 0. The predicted octanol–water partition coefficient (Wildman–Crippen LogP) is 3.67. The van der Waals surface area contributed by atoms with E-state index in [0.717, 1.165) is 12.8 Å². The molecular weight excluding hydrogens is 474 g/mol. The lowest BCUT2D eigenvalue weighted by Gasteiger charge is -2.14. The van der Waals surface area contributed by atoms with Gasteiger partial charge >= 0.3 is 11.9 Å². The van der Waals surface area contributed by atoms with Crippen molar-refractivity contribution in [2.45, 2.75) is 60.4 Å². The summed E-state index contributed by atoms with van der Waals surface area (Å²) >= 11 is 4.54. The molecule has 0 radical (unpaired) electrons. The fraction of sp³-hybridized carbons (Fsp3) is 0.846. The number of carbonyl (C=O) groups is 2. The second-order valence-corrected chi connectivity index (χ2v) is 8.88. The minimum Gasteiger partial charge on any atom is -0.462 e. The van der Waals surface area contributed by atoms with Crippen molar-refractivity contribution in [3.8, 4) is 0 Å². The summed E-state index contributed by atoms with van der Waals surface area (Å²) in [6.45, 7) is 5.97. The SMILES string of the molecule is CC(I)CCC(=O)OCC(C)OC(=O)CCC(C)I. The highest BCUT2D eigenvalue weighted by Gasteiger charge is 2.13. The third-order valence-electron chi connectivity index (χ3n) is 2.30. The molecule has 0 N–H and O–H groups in total. The number of esters is 2. The zero-order valence-corrected chi connectivity index (χ0v) is 16.0. The van der Waals surface area contributed by atoms with Gasteiger partial charge in [-0.1, -0.05) is 59.0 Å². The molecule has 0 bridgehead atoms. The van der Waals surface area contributed by atoms with E-state index in [9.17, 15) is 9.59 Å². The maximum Gasteiger partial charge on any atom is 0.306 e. The number of hydrogen-bond acceptors (Lipinski definition) is 4. The Balaban J connectivity index is 3.71. The monoisotopic (exact) mass is 496 g/mol. The lowest BCUT2D eigenvalue weighted by atomic mass is 10.2. The van der Waals surface area contributed by atoms with Gasteiger partial charge in [-0.05, 0) is 19.8 Å². The zero-order chi connectivity index (χ0) is 14.8. The van der Waals surface area contributed by atoms with Crippen molar-refractivity contribution < 1.29 is 19.1 Å². The second-order valence-electron chi connectivity index (χ2n) is 4.62. The number of rotatable bonds is 9. The van der Waals surface area contributed by atoms with Gasteiger partial charge in [0.15, 0.2) is 0 Å². The molecule has 0 aromatic carbocycles. The van der Waals surface area contributed by atoms with Gasteiger partial charge in [0.25, 0.3) is 0 Å². The van der Waals surface area contributed by atoms with Crippen molar-refractivity contribution in [3.05, 3.63) is 0 Å². The van der Waals surface area contributed by atoms with E-state index in [0.29, 0.717) is 20.7 Å². The van der Waals surface area contributed by atoms with Crippen molar-refractivity contribution in [3.63, 3.8) is 0 Å². The predicted molar refractivity (Wildman–Crippen MR) is 91.9 cm³/mol. The molecule has 0 aromatic heterocycles. The first kappa shape index (κ1) is 19.4. The van der Waals surface area contributed by atoms with E-state index in [1.807, 2.05) is 13.8 Å². The summed E-state index contributed by atoms with van der Waals surface area (Å²) in [7, 11) is 0. The molecule has 0 spiro atoms. The minimum atomic E-state index is -0.377. The number of carbonyl (C=O) groups excluding carboxylic acids is 2. The Labute approximate surface area is 142 Å². The standard InChI is InChI=1S/C13H22I2O4/c1-9(14)4-6-12(16)18-8-11(3)19-13(17)7-5-10(2)15/h9-11H,4-8H2,1-3H3. The van der Waals surface area contributed by atoms with Gasteiger partial charge in [-0.15, -0.1) is 0 Å². The quantitative estimate of drug-likeness (QED) is 0.278. The van der Waals surface area contributed by atoms with Crippen LogP contribution >= 0.6 is 45.2 Å². The Morgan fingerprint density at radius 3 is 1.89 bits per heavy atom. The number of halogens is 2. The first-order valence-electron chi connectivity index (χ1n) is 6.44. The Bertz CT molecular complexity index is 280. The van der Waals surface area contributed by atoms with Crippen molar-refractivity contribution in [2.75, 3.05) is 6.61 Å². The number of ether oxygens (including phenoxy) is 2. The molecule has 0 saturated carbocycles. The van der Waals surface area contributed by atoms with E-state index in [2.05, 4.69) is 45.2 Å². The first-order chi connectivity index (χ1) is 8.81. The Kier molecular flexibility index (Phi) is 11.3. The van der Waals surface area contributed by atoms with Crippen LogP contribution in [-0.4, -0.2) is 32.5 Å². The molecule has 3 atom stereocenters. The van der Waals surface area contributed by atoms with Gasteiger partial charge in [0.2, 0.25) is 0 Å². The Morgan fingerprint density at radius 1 is 0.947 bits per heavy atom. The van der Waals surface area contributed by atoms with Crippen LogP contribution in [0.1, 0.15) is 46.5 Å². The molecule has 0 aliphatic rings. The average molecular weight is 496 g/mol. The van der Waals surface area contributed by atoms with Crippen molar-refractivity contribution in [1.82, 2.24) is 0 Å². The van der Waals surface area contributed by atoms with Crippen LogP contribution in [0, 0.1) is 0 Å². The molecule has 112 valence electrons. The lowest BCUT2D eigenvalue weighted by Crippen LogP contribution is -2.22. The van der Waals surface area contributed by atoms with Crippen LogP contribution in [0.15, 0.2) is 0 Å². The van der Waals surface area contributed by atoms with E-state index in [4.69, 9.17) is 9.47 Å². The third-order valence-corrected chi connectivity index (χ3v) is 3.55. The number of hydrogen-bond donors (Lipinski definition) is 0. The normalized spacial score (nSPS) is 15.4. The van der Waals surface area contributed by atoms with Crippen molar-refractivity contribution in [2.24, 2.45) is 0 Å². The molecular formula is C13H22I2O4. The summed E-state index contributed by atoms with van der Waals surface area (Å²) in [5.41, 5.74) is 0. The molecule has 0 rings (SSSR count). The highest BCUT2D eigenvalue weighted by atomic mass is 127. The molecule has 0 amide bonds. The Hall–Kier alpha value is 0.400. The van der Waals surface area contributed by atoms with Gasteiger partial charge in [-0.3, -0.25) is 9.59 Å². The maximum atomic E-state index is 11.5. The van der Waals surface area contributed by atoms with Crippen LogP contribution < -0.4 is 0 Å². The Morgan fingerprint density at radius 2 is 1.42 bits per heavy atom. The molecule has 3 unspecified atom stereocenters. The van der Waals surface area contributed by atoms with Gasteiger partial charge in [0.05, 0.1) is 0 Å². The van der Waals surface area contributed by atoms with Gasteiger partial charge in [0.1, 0.15) is 12.7 Å². The third kappa shape index (κ3) is 13.1. The van der Waals surface area contributed by atoms with Crippen molar-refractivity contribution in [1.29, 1.82) is 0 Å². The fourth-order valence-corrected chi connectivity index (χ4v) is 1.86. The molecule has 0 fully saturated rings. The molecule has 0 aliphatic carbocycles. The molecule has 19 heavy (non-hydrogen) atoms. The van der Waals surface area contributed by atoms with Crippen LogP contribution in [0.5, 0.6) is 0 Å². The van der Waals surface area contributed by atoms with E-state index in [1.54, 1.807) is 6.92 Å². The fourth-order valence-electron chi connectivity index (χ4n) is 1.23. The van der Waals surface area contributed by atoms with E-state index < -0.39 is 0 Å². The highest BCUT2D eigenvalue weighted by molar-refractivity contribution is 14.1. The van der Waals surface area contributed by atoms with Gasteiger partial charge in [-0.25, -0.2) is 0 Å². The maximum absolute atomic E-state index is 11.5. The van der Waals surface area contributed by atoms with Crippen LogP contribution in [0.3, 0.4) is 0 Å². The van der Waals surface area contributed by atoms with Crippen LogP contribution in [0.4, 0.5) is 0 Å². The van der Waals surface area contributed by atoms with Gasteiger partial charge < -0.3 is 9.47 Å². The number of alkyl halides is 2. The molecule has 0 aliphatic heterocycles.